The number of nitrogens with one attached hydrogen (secondary N) is 1. The fourth-order valence-corrected chi connectivity index (χ4v) is 2.38. The first-order valence-electron chi connectivity index (χ1n) is 10.2. The topological polar surface area (TPSA) is 153 Å². The van der Waals surface area contributed by atoms with Gasteiger partial charge in [-0.1, -0.05) is 13.8 Å². The molecule has 0 bridgehead atoms. The third-order valence-corrected chi connectivity index (χ3v) is 4.26. The van der Waals surface area contributed by atoms with E-state index in [1.807, 2.05) is 0 Å². The number of methoxy groups -OCH3 is 1. The molecular formula is C20H39NO10. The third kappa shape index (κ3) is 15.2. The Morgan fingerprint density at radius 1 is 0.903 bits per heavy atom. The third-order valence-electron chi connectivity index (χ3n) is 4.26. The molecule has 0 aliphatic rings. The van der Waals surface area contributed by atoms with Crippen LogP contribution in [0.15, 0.2) is 0 Å². The van der Waals surface area contributed by atoms with Crippen LogP contribution in [-0.4, -0.2) is 100 Å². The molecule has 0 amide bonds. The van der Waals surface area contributed by atoms with Gasteiger partial charge in [0.05, 0.1) is 39.3 Å². The second-order valence-corrected chi connectivity index (χ2v) is 8.17. The van der Waals surface area contributed by atoms with Crippen molar-refractivity contribution in [2.45, 2.75) is 39.9 Å². The molecule has 31 heavy (non-hydrogen) atoms. The van der Waals surface area contributed by atoms with Gasteiger partial charge < -0.3 is 44.3 Å². The van der Waals surface area contributed by atoms with Crippen LogP contribution in [0.2, 0.25) is 0 Å². The van der Waals surface area contributed by atoms with Gasteiger partial charge in [0.2, 0.25) is 0 Å². The predicted molar refractivity (Wildman–Crippen MR) is 110 cm³/mol. The number of aliphatic hydroxyl groups is 3. The van der Waals surface area contributed by atoms with Crippen LogP contribution >= 0.6 is 0 Å². The van der Waals surface area contributed by atoms with Crippen molar-refractivity contribution in [2.75, 3.05) is 66.6 Å². The van der Waals surface area contributed by atoms with Crippen LogP contribution in [0.4, 0.5) is 0 Å². The van der Waals surface area contributed by atoms with Crippen molar-refractivity contribution in [3.8, 4) is 0 Å². The Morgan fingerprint density at radius 2 is 1.45 bits per heavy atom. The molecule has 0 fully saturated rings. The molecule has 0 heterocycles. The lowest BCUT2D eigenvalue weighted by molar-refractivity contribution is -0.161. The maximum absolute atomic E-state index is 11.9. The summed E-state index contributed by atoms with van der Waals surface area (Å²) in [6.45, 7) is 5.47. The van der Waals surface area contributed by atoms with E-state index in [0.717, 1.165) is 0 Å². The zero-order valence-corrected chi connectivity index (χ0v) is 19.1. The maximum Gasteiger partial charge on any atom is 0.307 e. The monoisotopic (exact) mass is 453 g/mol. The average Bonchev–Trinajstić information content (AvgIpc) is 2.73. The first kappa shape index (κ1) is 29.7. The smallest absolute Gasteiger partial charge is 0.307 e. The van der Waals surface area contributed by atoms with Gasteiger partial charge >= 0.3 is 11.9 Å². The van der Waals surface area contributed by atoms with E-state index in [4.69, 9.17) is 28.8 Å². The highest BCUT2D eigenvalue weighted by molar-refractivity contribution is 5.70. The van der Waals surface area contributed by atoms with Crippen molar-refractivity contribution in [1.29, 1.82) is 0 Å². The highest BCUT2D eigenvalue weighted by atomic mass is 16.6. The van der Waals surface area contributed by atoms with E-state index in [-0.39, 0.29) is 52.5 Å². The highest BCUT2D eigenvalue weighted by Crippen LogP contribution is 2.19. The van der Waals surface area contributed by atoms with E-state index in [9.17, 15) is 19.8 Å². The average molecular weight is 454 g/mol. The van der Waals surface area contributed by atoms with E-state index in [2.05, 4.69) is 5.32 Å². The first-order valence-corrected chi connectivity index (χ1v) is 10.2. The summed E-state index contributed by atoms with van der Waals surface area (Å²) in [5, 5.41) is 30.4. The Balaban J connectivity index is 4.08. The zero-order valence-electron chi connectivity index (χ0n) is 19.1. The molecule has 0 radical (unpaired) electrons. The van der Waals surface area contributed by atoms with Crippen LogP contribution in [0.3, 0.4) is 0 Å². The summed E-state index contributed by atoms with van der Waals surface area (Å²) in [6.07, 6.45) is -0.756. The minimum Gasteiger partial charge on any atom is -0.465 e. The molecule has 0 aliphatic carbocycles. The van der Waals surface area contributed by atoms with E-state index in [0.29, 0.717) is 13.1 Å². The summed E-state index contributed by atoms with van der Waals surface area (Å²) >= 11 is 0. The number of rotatable bonds is 19. The number of esters is 2. The summed E-state index contributed by atoms with van der Waals surface area (Å²) in [7, 11) is 1.51. The minimum absolute atomic E-state index is 0.00399. The highest BCUT2D eigenvalue weighted by Gasteiger charge is 2.28. The van der Waals surface area contributed by atoms with Crippen molar-refractivity contribution in [3.63, 3.8) is 0 Å². The summed E-state index contributed by atoms with van der Waals surface area (Å²) in [4.78, 5) is 23.7. The molecule has 0 rings (SSSR count). The van der Waals surface area contributed by atoms with E-state index in [1.54, 1.807) is 13.8 Å². The van der Waals surface area contributed by atoms with Crippen LogP contribution in [0.1, 0.15) is 33.6 Å². The van der Waals surface area contributed by atoms with Gasteiger partial charge in [-0.15, -0.1) is 0 Å². The van der Waals surface area contributed by atoms with Crippen molar-refractivity contribution in [1.82, 2.24) is 5.32 Å². The maximum atomic E-state index is 11.9. The normalized spacial score (nSPS) is 16.2. The Kier molecular flexibility index (Phi) is 15.6. The van der Waals surface area contributed by atoms with Gasteiger partial charge in [0.15, 0.2) is 6.29 Å². The molecule has 0 aromatic carbocycles. The number of carbonyl (C=O) groups is 2. The standard InChI is InChI=1S/C20H39NO10/c1-16(24)29-13-20(3,11-28-15-23)14-31-18(26)6-8-21-7-5-17(25)30-12-19(2,9-22)10-27-4/h16,21-24H,5-15H2,1-4H3. The van der Waals surface area contributed by atoms with E-state index >= 15 is 0 Å². The SMILES string of the molecule is COCC(C)(CO)COC(=O)CCNCCC(=O)OCC(C)(COCO)COC(C)O. The van der Waals surface area contributed by atoms with Gasteiger partial charge in [-0.05, 0) is 6.92 Å². The molecule has 3 atom stereocenters. The predicted octanol–water partition coefficient (Wildman–Crippen LogP) is -0.585. The molecule has 11 heteroatoms. The lowest BCUT2D eigenvalue weighted by Gasteiger charge is -2.28. The summed E-state index contributed by atoms with van der Waals surface area (Å²) in [6, 6.07) is 0. The number of aliphatic hydroxyl groups excluding tert-OH is 3. The van der Waals surface area contributed by atoms with Crippen LogP contribution in [0.5, 0.6) is 0 Å². The molecule has 11 nitrogen and oxygen atoms in total. The Morgan fingerprint density at radius 3 is 1.90 bits per heavy atom. The lowest BCUT2D eigenvalue weighted by atomic mass is 9.94. The van der Waals surface area contributed by atoms with E-state index < -0.39 is 35.9 Å². The number of ether oxygens (including phenoxy) is 5. The molecule has 0 aromatic heterocycles. The van der Waals surface area contributed by atoms with Gasteiger partial charge in [-0.3, -0.25) is 9.59 Å². The fourth-order valence-electron chi connectivity index (χ4n) is 2.38. The second kappa shape index (κ2) is 16.3. The van der Waals surface area contributed by atoms with Crippen LogP contribution in [0, 0.1) is 10.8 Å². The number of carbonyl (C=O) groups excluding carboxylic acids is 2. The summed E-state index contributed by atoms with van der Waals surface area (Å²) in [5.74, 6) is -0.857. The molecule has 4 N–H and O–H groups in total. The van der Waals surface area contributed by atoms with Crippen LogP contribution in [-0.2, 0) is 33.3 Å². The van der Waals surface area contributed by atoms with Crippen molar-refractivity contribution in [3.05, 3.63) is 0 Å². The van der Waals surface area contributed by atoms with Crippen molar-refractivity contribution in [2.24, 2.45) is 10.8 Å². The molecule has 0 aromatic rings. The van der Waals surface area contributed by atoms with Crippen LogP contribution in [0.25, 0.3) is 0 Å². The lowest BCUT2D eigenvalue weighted by Crippen LogP contribution is -2.37. The molecule has 0 spiro atoms. The quantitative estimate of drug-likeness (QED) is 0.113. The molecular weight excluding hydrogens is 414 g/mol. The molecule has 0 saturated carbocycles. The zero-order chi connectivity index (χ0) is 23.8. The van der Waals surface area contributed by atoms with Gasteiger partial charge in [-0.2, -0.15) is 0 Å². The van der Waals surface area contributed by atoms with E-state index in [1.165, 1.54) is 14.0 Å². The number of hydrogen-bond donors (Lipinski definition) is 4. The first-order chi connectivity index (χ1) is 14.6. The fraction of sp³-hybridized carbons (Fsp3) is 0.900. The van der Waals surface area contributed by atoms with Gasteiger partial charge in [-0.25, -0.2) is 0 Å². The number of hydrogen-bond acceptors (Lipinski definition) is 11. The van der Waals surface area contributed by atoms with Crippen molar-refractivity contribution < 1.29 is 48.6 Å². The second-order valence-electron chi connectivity index (χ2n) is 8.17. The Bertz CT molecular complexity index is 504. The van der Waals surface area contributed by atoms with Crippen LogP contribution < -0.4 is 5.32 Å². The Hall–Kier alpha value is -1.34. The molecule has 0 aliphatic heterocycles. The molecule has 3 unspecified atom stereocenters. The summed E-state index contributed by atoms with van der Waals surface area (Å²) in [5.41, 5.74) is -1.36. The summed E-state index contributed by atoms with van der Waals surface area (Å²) < 4.78 is 25.6. The van der Waals surface area contributed by atoms with Gasteiger partial charge in [0.25, 0.3) is 0 Å². The Labute approximate surface area is 183 Å². The van der Waals surface area contributed by atoms with Crippen molar-refractivity contribution >= 4 is 11.9 Å². The molecule has 184 valence electrons. The van der Waals surface area contributed by atoms with Gasteiger partial charge in [0, 0.05) is 31.0 Å². The largest absolute Gasteiger partial charge is 0.465 e. The minimum atomic E-state index is -0.975. The van der Waals surface area contributed by atoms with Gasteiger partial charge in [0.1, 0.15) is 20.0 Å². The molecule has 0 saturated heterocycles.